The van der Waals surface area contributed by atoms with E-state index in [-0.39, 0.29) is 17.7 Å². The summed E-state index contributed by atoms with van der Waals surface area (Å²) < 4.78 is 0. The summed E-state index contributed by atoms with van der Waals surface area (Å²) >= 11 is 0. The fraction of sp³-hybridized carbons (Fsp3) is 0.333. The van der Waals surface area contributed by atoms with Crippen molar-refractivity contribution in [2.24, 2.45) is 5.92 Å². The Kier molecular flexibility index (Phi) is 5.06. The number of H-pyrrole nitrogens is 1. The average molecular weight is 377 g/mol. The Morgan fingerprint density at radius 3 is 2.75 bits per heavy atom. The molecule has 1 saturated carbocycles. The number of carbonyl (C=O) groups is 2. The summed E-state index contributed by atoms with van der Waals surface area (Å²) in [6, 6.07) is 7.31. The number of imidazole rings is 1. The number of nitrogens with one attached hydrogen (secondary N) is 3. The van der Waals surface area contributed by atoms with Crippen LogP contribution in [0.25, 0.3) is 22.2 Å². The van der Waals surface area contributed by atoms with Crippen molar-refractivity contribution < 1.29 is 9.59 Å². The summed E-state index contributed by atoms with van der Waals surface area (Å²) in [5, 5.41) is 5.36. The average Bonchev–Trinajstić information content (AvgIpc) is 3.37. The van der Waals surface area contributed by atoms with Crippen LogP contribution in [-0.2, 0) is 0 Å². The summed E-state index contributed by atoms with van der Waals surface area (Å²) in [5.41, 5.74) is 3.75. The van der Waals surface area contributed by atoms with Gasteiger partial charge in [-0.25, -0.2) is 9.78 Å². The minimum Gasteiger partial charge on any atom is -0.338 e. The van der Waals surface area contributed by atoms with Crippen LogP contribution >= 0.6 is 0 Å². The molecule has 2 amide bonds. The van der Waals surface area contributed by atoms with Crippen LogP contribution in [0.4, 0.5) is 10.7 Å². The van der Waals surface area contributed by atoms with E-state index in [1.54, 1.807) is 12.4 Å². The van der Waals surface area contributed by atoms with Crippen LogP contribution in [0.3, 0.4) is 0 Å². The van der Waals surface area contributed by atoms with Crippen LogP contribution in [0.1, 0.15) is 43.0 Å². The third-order valence-electron chi connectivity index (χ3n) is 5.15. The molecule has 4 rings (SSSR count). The molecule has 0 spiro atoms. The lowest BCUT2D eigenvalue weighted by molar-refractivity contribution is 0.0924. The zero-order chi connectivity index (χ0) is 19.5. The monoisotopic (exact) mass is 377 g/mol. The van der Waals surface area contributed by atoms with Gasteiger partial charge >= 0.3 is 6.03 Å². The molecule has 1 aliphatic carbocycles. The summed E-state index contributed by atoms with van der Waals surface area (Å²) in [7, 11) is 0. The first kappa shape index (κ1) is 18.2. The van der Waals surface area contributed by atoms with Crippen molar-refractivity contribution in [3.8, 4) is 11.1 Å². The number of hydrogen-bond acceptors (Lipinski definition) is 4. The molecule has 1 aliphatic rings. The molecule has 0 aliphatic heterocycles. The van der Waals surface area contributed by atoms with Crippen molar-refractivity contribution >= 4 is 28.8 Å². The Morgan fingerprint density at radius 2 is 2.04 bits per heavy atom. The SMILES string of the molecule is CCNC(=O)Nc1nc2cc(-c3cccnc3)cc(C(=O)C3CCCC3)c2[nH]1. The summed E-state index contributed by atoms with van der Waals surface area (Å²) in [5.74, 6) is 0.515. The molecule has 0 atom stereocenters. The minimum atomic E-state index is -0.335. The van der Waals surface area contributed by atoms with E-state index in [0.717, 1.165) is 36.8 Å². The van der Waals surface area contributed by atoms with Crippen LogP contribution in [-0.4, -0.2) is 33.3 Å². The maximum atomic E-state index is 13.2. The smallest absolute Gasteiger partial charge is 0.321 e. The van der Waals surface area contributed by atoms with Gasteiger partial charge in [0.25, 0.3) is 0 Å². The van der Waals surface area contributed by atoms with Crippen LogP contribution < -0.4 is 10.6 Å². The van der Waals surface area contributed by atoms with Crippen molar-refractivity contribution in [3.63, 3.8) is 0 Å². The van der Waals surface area contributed by atoms with E-state index in [1.807, 2.05) is 31.2 Å². The minimum absolute atomic E-state index is 0.0513. The second kappa shape index (κ2) is 7.80. The topological polar surface area (TPSA) is 99.8 Å². The highest BCUT2D eigenvalue weighted by atomic mass is 16.2. The first-order valence-corrected chi connectivity index (χ1v) is 9.69. The number of hydrogen-bond donors (Lipinski definition) is 3. The zero-order valence-electron chi connectivity index (χ0n) is 15.8. The van der Waals surface area contributed by atoms with E-state index in [9.17, 15) is 9.59 Å². The molecule has 0 unspecified atom stereocenters. The first-order valence-electron chi connectivity index (χ1n) is 9.69. The van der Waals surface area contributed by atoms with E-state index in [1.165, 1.54) is 0 Å². The number of pyridine rings is 1. The van der Waals surface area contributed by atoms with Crippen molar-refractivity contribution in [1.82, 2.24) is 20.3 Å². The number of nitrogens with zero attached hydrogens (tertiary/aromatic N) is 2. The van der Waals surface area contributed by atoms with Gasteiger partial charge in [-0.2, -0.15) is 0 Å². The lowest BCUT2D eigenvalue weighted by Gasteiger charge is -2.11. The predicted molar refractivity (Wildman–Crippen MR) is 108 cm³/mol. The number of urea groups is 1. The lowest BCUT2D eigenvalue weighted by atomic mass is 9.93. The van der Waals surface area contributed by atoms with E-state index >= 15 is 0 Å². The number of rotatable bonds is 5. The largest absolute Gasteiger partial charge is 0.338 e. The van der Waals surface area contributed by atoms with Crippen LogP contribution in [0.5, 0.6) is 0 Å². The maximum Gasteiger partial charge on any atom is 0.321 e. The third kappa shape index (κ3) is 3.60. The van der Waals surface area contributed by atoms with Gasteiger partial charge in [-0.15, -0.1) is 0 Å². The number of amides is 2. The quantitative estimate of drug-likeness (QED) is 0.582. The normalized spacial score (nSPS) is 14.3. The van der Waals surface area contributed by atoms with Crippen LogP contribution in [0.2, 0.25) is 0 Å². The molecule has 0 radical (unpaired) electrons. The van der Waals surface area contributed by atoms with Gasteiger partial charge in [0.2, 0.25) is 5.95 Å². The number of aromatic amines is 1. The lowest BCUT2D eigenvalue weighted by Crippen LogP contribution is -2.28. The van der Waals surface area contributed by atoms with Crippen LogP contribution in [0.15, 0.2) is 36.7 Å². The Bertz CT molecular complexity index is 1010. The number of carbonyl (C=O) groups excluding carboxylic acids is 2. The van der Waals surface area contributed by atoms with E-state index in [2.05, 4.69) is 25.6 Å². The van der Waals surface area contributed by atoms with E-state index in [0.29, 0.717) is 29.1 Å². The number of fused-ring (bicyclic) bond motifs is 1. The van der Waals surface area contributed by atoms with Gasteiger partial charge in [0, 0.05) is 36.0 Å². The second-order valence-corrected chi connectivity index (χ2v) is 7.08. The number of anilines is 1. The van der Waals surface area contributed by atoms with E-state index in [4.69, 9.17) is 0 Å². The molecule has 3 N–H and O–H groups in total. The predicted octanol–water partition coefficient (Wildman–Crippen LogP) is 4.14. The second-order valence-electron chi connectivity index (χ2n) is 7.08. The highest BCUT2D eigenvalue weighted by molar-refractivity contribution is 6.09. The van der Waals surface area contributed by atoms with Gasteiger partial charge in [-0.1, -0.05) is 18.9 Å². The van der Waals surface area contributed by atoms with E-state index < -0.39 is 0 Å². The highest BCUT2D eigenvalue weighted by Crippen LogP contribution is 2.33. The molecule has 0 bridgehead atoms. The Hall–Kier alpha value is -3.22. The number of Topliss-reactive ketones (excluding diaryl/α,β-unsaturated/α-hetero) is 1. The Balaban J connectivity index is 1.79. The van der Waals surface area contributed by atoms with Crippen molar-refractivity contribution in [1.29, 1.82) is 0 Å². The summed E-state index contributed by atoms with van der Waals surface area (Å²) in [6.45, 7) is 2.36. The third-order valence-corrected chi connectivity index (χ3v) is 5.15. The first-order chi connectivity index (χ1) is 13.7. The fourth-order valence-corrected chi connectivity index (χ4v) is 3.79. The molecule has 7 heteroatoms. The molecule has 28 heavy (non-hydrogen) atoms. The van der Waals surface area contributed by atoms with Gasteiger partial charge in [-0.05, 0) is 43.5 Å². The van der Waals surface area contributed by atoms with Crippen molar-refractivity contribution in [3.05, 3.63) is 42.2 Å². The maximum absolute atomic E-state index is 13.2. The van der Waals surface area contributed by atoms with Gasteiger partial charge in [0.15, 0.2) is 5.78 Å². The molecule has 0 saturated heterocycles. The molecular weight excluding hydrogens is 354 g/mol. The summed E-state index contributed by atoms with van der Waals surface area (Å²) in [4.78, 5) is 36.9. The van der Waals surface area contributed by atoms with Gasteiger partial charge in [-0.3, -0.25) is 15.1 Å². The van der Waals surface area contributed by atoms with Crippen LogP contribution in [0, 0.1) is 5.92 Å². The standard InChI is InChI=1S/C21H23N5O2/c1-2-23-21(28)26-20-24-17-11-15(14-8-5-9-22-12-14)10-16(18(17)25-20)19(27)13-6-3-4-7-13/h5,8-13H,2-4,6-7H2,1H3,(H3,23,24,25,26,28). The number of ketones is 1. The Labute approximate surface area is 163 Å². The molecule has 144 valence electrons. The molecular formula is C21H23N5O2. The highest BCUT2D eigenvalue weighted by Gasteiger charge is 2.26. The molecule has 2 aromatic heterocycles. The number of benzene rings is 1. The molecule has 2 heterocycles. The van der Waals surface area contributed by atoms with Crippen molar-refractivity contribution in [2.75, 3.05) is 11.9 Å². The molecule has 1 aromatic carbocycles. The summed E-state index contributed by atoms with van der Waals surface area (Å²) in [6.07, 6.45) is 7.52. The zero-order valence-corrected chi connectivity index (χ0v) is 15.8. The van der Waals surface area contributed by atoms with Gasteiger partial charge in [0.05, 0.1) is 11.0 Å². The van der Waals surface area contributed by atoms with Crippen molar-refractivity contribution in [2.45, 2.75) is 32.6 Å². The molecule has 7 nitrogen and oxygen atoms in total. The fourth-order valence-electron chi connectivity index (χ4n) is 3.79. The van der Waals surface area contributed by atoms with Gasteiger partial charge in [0.1, 0.15) is 0 Å². The van der Waals surface area contributed by atoms with Gasteiger partial charge < -0.3 is 10.3 Å². The molecule has 3 aromatic rings. The number of aromatic nitrogens is 3. The molecule has 1 fully saturated rings. The Morgan fingerprint density at radius 1 is 1.21 bits per heavy atom.